The van der Waals surface area contributed by atoms with Gasteiger partial charge in [0, 0.05) is 12.1 Å². The van der Waals surface area contributed by atoms with E-state index in [-0.39, 0.29) is 0 Å². The molecule has 0 aromatic carbocycles. The van der Waals surface area contributed by atoms with Gasteiger partial charge in [-0.15, -0.1) is 6.42 Å². The van der Waals surface area contributed by atoms with Gasteiger partial charge in [-0.2, -0.15) is 0 Å². The van der Waals surface area contributed by atoms with E-state index in [0.29, 0.717) is 6.54 Å². The summed E-state index contributed by atoms with van der Waals surface area (Å²) in [5, 5.41) is 0. The summed E-state index contributed by atoms with van der Waals surface area (Å²) < 4.78 is 0. The van der Waals surface area contributed by atoms with Crippen molar-refractivity contribution in [2.24, 2.45) is 5.73 Å². The summed E-state index contributed by atoms with van der Waals surface area (Å²) in [5.74, 6) is 2.54. The van der Waals surface area contributed by atoms with Crippen molar-refractivity contribution in [3.8, 4) is 12.3 Å². The molecule has 0 saturated carbocycles. The highest BCUT2D eigenvalue weighted by molar-refractivity contribution is 5.35. The smallest absolute Gasteiger partial charge is 0.0543 e. The van der Waals surface area contributed by atoms with E-state index < -0.39 is 0 Å². The standard InChI is InChI=1S/C9H10N2/c1-3-8-4-5-9(6-10)11-7(8)2/h1,4-5H,6,10H2,2H3. The molecule has 1 rings (SSSR count). The van der Waals surface area contributed by atoms with Gasteiger partial charge in [0.1, 0.15) is 0 Å². The normalized spacial score (nSPS) is 9.18. The van der Waals surface area contributed by atoms with Gasteiger partial charge in [0.05, 0.1) is 11.4 Å². The summed E-state index contributed by atoms with van der Waals surface area (Å²) in [6.45, 7) is 2.35. The Hall–Kier alpha value is -1.33. The van der Waals surface area contributed by atoms with E-state index in [1.807, 2.05) is 19.1 Å². The third-order valence-corrected chi connectivity index (χ3v) is 1.51. The summed E-state index contributed by atoms with van der Waals surface area (Å²) in [7, 11) is 0. The third-order valence-electron chi connectivity index (χ3n) is 1.51. The Morgan fingerprint density at radius 1 is 1.64 bits per heavy atom. The Bertz CT molecular complexity index is 297. The topological polar surface area (TPSA) is 38.9 Å². The first-order valence-corrected chi connectivity index (χ1v) is 3.41. The van der Waals surface area contributed by atoms with E-state index in [2.05, 4.69) is 10.9 Å². The van der Waals surface area contributed by atoms with E-state index in [9.17, 15) is 0 Å². The average Bonchev–Trinajstić information content (AvgIpc) is 2.04. The van der Waals surface area contributed by atoms with Crippen LogP contribution in [-0.2, 0) is 6.54 Å². The van der Waals surface area contributed by atoms with Gasteiger partial charge in [-0.1, -0.05) is 5.92 Å². The lowest BCUT2D eigenvalue weighted by atomic mass is 10.2. The van der Waals surface area contributed by atoms with Crippen LogP contribution in [0.25, 0.3) is 0 Å². The Morgan fingerprint density at radius 3 is 2.82 bits per heavy atom. The van der Waals surface area contributed by atoms with Crippen molar-refractivity contribution >= 4 is 0 Å². The van der Waals surface area contributed by atoms with Crippen LogP contribution in [0.3, 0.4) is 0 Å². The highest BCUT2D eigenvalue weighted by Crippen LogP contribution is 2.04. The third kappa shape index (κ3) is 1.57. The van der Waals surface area contributed by atoms with Crippen molar-refractivity contribution in [2.45, 2.75) is 13.5 Å². The molecule has 1 heterocycles. The molecule has 0 unspecified atom stereocenters. The Labute approximate surface area is 66.4 Å². The number of terminal acetylenes is 1. The molecule has 0 radical (unpaired) electrons. The molecule has 0 aliphatic rings. The first-order chi connectivity index (χ1) is 5.27. The molecule has 0 saturated heterocycles. The molecule has 1 aromatic heterocycles. The van der Waals surface area contributed by atoms with Crippen LogP contribution in [0.5, 0.6) is 0 Å². The lowest BCUT2D eigenvalue weighted by molar-refractivity contribution is 0.966. The number of aryl methyl sites for hydroxylation is 1. The van der Waals surface area contributed by atoms with Crippen LogP contribution in [-0.4, -0.2) is 4.98 Å². The second-order valence-corrected chi connectivity index (χ2v) is 2.28. The Balaban J connectivity index is 3.12. The lowest BCUT2D eigenvalue weighted by Crippen LogP contribution is -2.01. The largest absolute Gasteiger partial charge is 0.325 e. The highest BCUT2D eigenvalue weighted by atomic mass is 14.7. The molecular formula is C9H10N2. The van der Waals surface area contributed by atoms with E-state index in [1.54, 1.807) is 0 Å². The number of hydrogen-bond acceptors (Lipinski definition) is 2. The molecular weight excluding hydrogens is 136 g/mol. The molecule has 0 amide bonds. The van der Waals surface area contributed by atoms with Gasteiger partial charge in [-0.05, 0) is 19.1 Å². The molecule has 56 valence electrons. The second kappa shape index (κ2) is 3.18. The number of pyridine rings is 1. The molecule has 0 atom stereocenters. The highest BCUT2D eigenvalue weighted by Gasteiger charge is 1.96. The molecule has 2 nitrogen and oxygen atoms in total. The second-order valence-electron chi connectivity index (χ2n) is 2.28. The minimum Gasteiger partial charge on any atom is -0.325 e. The van der Waals surface area contributed by atoms with Gasteiger partial charge in [0.15, 0.2) is 0 Å². The first kappa shape index (κ1) is 7.77. The van der Waals surface area contributed by atoms with E-state index in [4.69, 9.17) is 12.2 Å². The predicted octanol–water partition coefficient (Wildman–Crippen LogP) is 0.830. The van der Waals surface area contributed by atoms with Crippen LogP contribution in [0.2, 0.25) is 0 Å². The summed E-state index contributed by atoms with van der Waals surface area (Å²) >= 11 is 0. The van der Waals surface area contributed by atoms with Crippen molar-refractivity contribution in [2.75, 3.05) is 0 Å². The monoisotopic (exact) mass is 146 g/mol. The maximum Gasteiger partial charge on any atom is 0.0543 e. The van der Waals surface area contributed by atoms with Crippen LogP contribution >= 0.6 is 0 Å². The molecule has 0 aliphatic heterocycles. The van der Waals surface area contributed by atoms with Crippen LogP contribution < -0.4 is 5.73 Å². The zero-order chi connectivity index (χ0) is 8.27. The molecule has 0 bridgehead atoms. The van der Waals surface area contributed by atoms with Crippen LogP contribution in [0, 0.1) is 19.3 Å². The maximum absolute atomic E-state index is 5.40. The summed E-state index contributed by atoms with van der Waals surface area (Å²) in [5.41, 5.74) is 7.98. The quantitative estimate of drug-likeness (QED) is 0.596. The minimum atomic E-state index is 0.464. The van der Waals surface area contributed by atoms with Crippen molar-refractivity contribution in [3.63, 3.8) is 0 Å². The number of rotatable bonds is 1. The van der Waals surface area contributed by atoms with Crippen LogP contribution in [0.1, 0.15) is 17.0 Å². The summed E-state index contributed by atoms with van der Waals surface area (Å²) in [6, 6.07) is 3.72. The van der Waals surface area contributed by atoms with Crippen molar-refractivity contribution < 1.29 is 0 Å². The van der Waals surface area contributed by atoms with E-state index in [0.717, 1.165) is 17.0 Å². The van der Waals surface area contributed by atoms with Gasteiger partial charge < -0.3 is 5.73 Å². The van der Waals surface area contributed by atoms with Gasteiger partial charge in [-0.3, -0.25) is 4.98 Å². The Kier molecular flexibility index (Phi) is 2.25. The fourth-order valence-corrected chi connectivity index (χ4v) is 0.879. The van der Waals surface area contributed by atoms with Crippen molar-refractivity contribution in [1.82, 2.24) is 4.98 Å². The van der Waals surface area contributed by atoms with Gasteiger partial charge in [0.2, 0.25) is 0 Å². The van der Waals surface area contributed by atoms with Gasteiger partial charge >= 0.3 is 0 Å². The molecule has 0 fully saturated rings. The SMILES string of the molecule is C#Cc1ccc(CN)nc1C. The van der Waals surface area contributed by atoms with Gasteiger partial charge in [0.25, 0.3) is 0 Å². The molecule has 0 spiro atoms. The lowest BCUT2D eigenvalue weighted by Gasteiger charge is -1.99. The number of aromatic nitrogens is 1. The zero-order valence-corrected chi connectivity index (χ0v) is 6.46. The zero-order valence-electron chi connectivity index (χ0n) is 6.46. The molecule has 1 aromatic rings. The number of nitrogens with zero attached hydrogens (tertiary/aromatic N) is 1. The number of hydrogen-bond donors (Lipinski definition) is 1. The van der Waals surface area contributed by atoms with Crippen molar-refractivity contribution in [3.05, 3.63) is 29.1 Å². The molecule has 2 heteroatoms. The predicted molar refractivity (Wildman–Crippen MR) is 44.8 cm³/mol. The first-order valence-electron chi connectivity index (χ1n) is 3.41. The fourth-order valence-electron chi connectivity index (χ4n) is 0.879. The molecule has 2 N–H and O–H groups in total. The maximum atomic E-state index is 5.40. The number of nitrogens with two attached hydrogens (primary N) is 1. The molecule has 11 heavy (non-hydrogen) atoms. The summed E-state index contributed by atoms with van der Waals surface area (Å²) in [4.78, 5) is 4.19. The molecule has 0 aliphatic carbocycles. The fraction of sp³-hybridized carbons (Fsp3) is 0.222. The average molecular weight is 146 g/mol. The van der Waals surface area contributed by atoms with Crippen molar-refractivity contribution in [1.29, 1.82) is 0 Å². The van der Waals surface area contributed by atoms with E-state index >= 15 is 0 Å². The Morgan fingerprint density at radius 2 is 2.36 bits per heavy atom. The van der Waals surface area contributed by atoms with Crippen LogP contribution in [0.4, 0.5) is 0 Å². The summed E-state index contributed by atoms with van der Waals surface area (Å²) in [6.07, 6.45) is 5.22. The minimum absolute atomic E-state index is 0.464. The van der Waals surface area contributed by atoms with Crippen LogP contribution in [0.15, 0.2) is 12.1 Å². The van der Waals surface area contributed by atoms with E-state index in [1.165, 1.54) is 0 Å². The van der Waals surface area contributed by atoms with Gasteiger partial charge in [-0.25, -0.2) is 0 Å².